The Morgan fingerprint density at radius 1 is 1.17 bits per heavy atom. The predicted octanol–water partition coefficient (Wildman–Crippen LogP) is 4.03. The van der Waals surface area contributed by atoms with Gasteiger partial charge < -0.3 is 5.32 Å². The second-order valence-electron chi connectivity index (χ2n) is 5.18. The molecule has 0 amide bonds. The smallest absolute Gasteiger partial charge is 0.123 e. The predicted molar refractivity (Wildman–Crippen MR) is 76.2 cm³/mol. The van der Waals surface area contributed by atoms with Crippen LogP contribution < -0.4 is 5.32 Å². The van der Waals surface area contributed by atoms with Crippen LogP contribution in [-0.2, 0) is 6.42 Å². The zero-order valence-electron chi connectivity index (χ0n) is 11.9. The highest BCUT2D eigenvalue weighted by atomic mass is 19.1. The van der Waals surface area contributed by atoms with Crippen LogP contribution in [0.4, 0.5) is 4.39 Å². The Labute approximate surface area is 111 Å². The van der Waals surface area contributed by atoms with Crippen LogP contribution in [0.1, 0.15) is 39.2 Å². The molecule has 1 aromatic carbocycles. The van der Waals surface area contributed by atoms with Crippen LogP contribution in [0.2, 0.25) is 0 Å². The topological polar surface area (TPSA) is 12.0 Å². The van der Waals surface area contributed by atoms with E-state index in [4.69, 9.17) is 0 Å². The van der Waals surface area contributed by atoms with Crippen molar-refractivity contribution in [2.24, 2.45) is 11.8 Å². The zero-order valence-corrected chi connectivity index (χ0v) is 11.9. The summed E-state index contributed by atoms with van der Waals surface area (Å²) in [5.41, 5.74) is 1.24. The Hall–Kier alpha value is -0.890. The summed E-state index contributed by atoms with van der Waals surface area (Å²) in [4.78, 5) is 0. The number of hydrogen-bond acceptors (Lipinski definition) is 1. The van der Waals surface area contributed by atoms with Gasteiger partial charge in [-0.1, -0.05) is 39.3 Å². The van der Waals surface area contributed by atoms with E-state index in [-0.39, 0.29) is 5.82 Å². The van der Waals surface area contributed by atoms with Gasteiger partial charge in [0.25, 0.3) is 0 Å². The van der Waals surface area contributed by atoms with E-state index in [9.17, 15) is 4.39 Å². The fourth-order valence-corrected chi connectivity index (χ4v) is 2.20. The van der Waals surface area contributed by atoms with Gasteiger partial charge in [0.15, 0.2) is 0 Å². The highest BCUT2D eigenvalue weighted by Gasteiger charge is 2.16. The highest BCUT2D eigenvalue weighted by molar-refractivity contribution is 5.16. The maximum absolute atomic E-state index is 12.9. The van der Waals surface area contributed by atoms with E-state index in [0.29, 0.717) is 11.8 Å². The van der Waals surface area contributed by atoms with Crippen LogP contribution in [0.25, 0.3) is 0 Å². The van der Waals surface area contributed by atoms with E-state index in [2.05, 4.69) is 26.1 Å². The first-order valence-corrected chi connectivity index (χ1v) is 7.12. The average Bonchev–Trinajstić information content (AvgIpc) is 2.39. The standard InChI is InChI=1S/C16H26FN/c1-4-10-18-12-15(13(3)5-2)11-14-6-8-16(17)9-7-14/h6-9,13,15,18H,4-5,10-12H2,1-3H3. The minimum atomic E-state index is -0.150. The van der Waals surface area contributed by atoms with Crippen molar-refractivity contribution in [2.75, 3.05) is 13.1 Å². The molecule has 2 heteroatoms. The molecule has 0 heterocycles. The van der Waals surface area contributed by atoms with Crippen molar-refractivity contribution < 1.29 is 4.39 Å². The normalized spacial score (nSPS) is 14.4. The van der Waals surface area contributed by atoms with Crippen molar-refractivity contribution in [2.45, 2.75) is 40.0 Å². The van der Waals surface area contributed by atoms with Gasteiger partial charge >= 0.3 is 0 Å². The zero-order chi connectivity index (χ0) is 13.4. The molecule has 0 radical (unpaired) electrons. The van der Waals surface area contributed by atoms with Crippen LogP contribution in [0, 0.1) is 17.7 Å². The first-order valence-electron chi connectivity index (χ1n) is 7.12. The molecule has 0 bridgehead atoms. The number of nitrogens with one attached hydrogen (secondary N) is 1. The largest absolute Gasteiger partial charge is 0.316 e. The maximum Gasteiger partial charge on any atom is 0.123 e. The van der Waals surface area contributed by atoms with Crippen LogP contribution in [-0.4, -0.2) is 13.1 Å². The molecule has 0 spiro atoms. The molecule has 0 aliphatic rings. The van der Waals surface area contributed by atoms with Crippen LogP contribution >= 0.6 is 0 Å². The molecule has 0 aromatic heterocycles. The van der Waals surface area contributed by atoms with Crippen molar-refractivity contribution in [1.82, 2.24) is 5.32 Å². The summed E-state index contributed by atoms with van der Waals surface area (Å²) >= 11 is 0. The average molecular weight is 251 g/mol. The lowest BCUT2D eigenvalue weighted by atomic mass is 9.86. The molecule has 1 N–H and O–H groups in total. The first-order chi connectivity index (χ1) is 8.67. The molecular formula is C16H26FN. The number of halogens is 1. The van der Waals surface area contributed by atoms with Gasteiger partial charge in [0.1, 0.15) is 5.82 Å². The van der Waals surface area contributed by atoms with E-state index < -0.39 is 0 Å². The van der Waals surface area contributed by atoms with Gasteiger partial charge in [0.05, 0.1) is 0 Å². The van der Waals surface area contributed by atoms with E-state index in [1.165, 1.54) is 18.4 Å². The van der Waals surface area contributed by atoms with Gasteiger partial charge in [0, 0.05) is 0 Å². The molecule has 0 saturated carbocycles. The van der Waals surface area contributed by atoms with Crippen molar-refractivity contribution >= 4 is 0 Å². The molecule has 0 aliphatic heterocycles. The summed E-state index contributed by atoms with van der Waals surface area (Å²) in [5.74, 6) is 1.18. The number of rotatable bonds is 8. The molecule has 2 atom stereocenters. The lowest BCUT2D eigenvalue weighted by molar-refractivity contribution is 0.329. The summed E-state index contributed by atoms with van der Waals surface area (Å²) in [6.45, 7) is 8.87. The fourth-order valence-electron chi connectivity index (χ4n) is 2.20. The van der Waals surface area contributed by atoms with Crippen LogP contribution in [0.15, 0.2) is 24.3 Å². The monoisotopic (exact) mass is 251 g/mol. The second kappa shape index (κ2) is 8.25. The van der Waals surface area contributed by atoms with Gasteiger partial charge in [0.2, 0.25) is 0 Å². The first kappa shape index (κ1) is 15.2. The van der Waals surface area contributed by atoms with Crippen molar-refractivity contribution in [3.05, 3.63) is 35.6 Å². The summed E-state index contributed by atoms with van der Waals surface area (Å²) in [5, 5.41) is 3.51. The maximum atomic E-state index is 12.9. The quantitative estimate of drug-likeness (QED) is 0.688. The van der Waals surface area contributed by atoms with Gasteiger partial charge in [-0.2, -0.15) is 0 Å². The Balaban J connectivity index is 2.56. The molecule has 2 unspecified atom stereocenters. The van der Waals surface area contributed by atoms with Gasteiger partial charge in [-0.05, 0) is 55.5 Å². The summed E-state index contributed by atoms with van der Waals surface area (Å²) in [6.07, 6.45) is 3.40. The van der Waals surface area contributed by atoms with E-state index in [0.717, 1.165) is 19.5 Å². The lowest BCUT2D eigenvalue weighted by Crippen LogP contribution is -2.29. The lowest BCUT2D eigenvalue weighted by Gasteiger charge is -2.23. The van der Waals surface area contributed by atoms with Crippen LogP contribution in [0.5, 0.6) is 0 Å². The molecule has 18 heavy (non-hydrogen) atoms. The van der Waals surface area contributed by atoms with Gasteiger partial charge in [-0.3, -0.25) is 0 Å². The van der Waals surface area contributed by atoms with Gasteiger partial charge in [-0.25, -0.2) is 4.39 Å². The molecule has 0 aliphatic carbocycles. The number of benzene rings is 1. The van der Waals surface area contributed by atoms with Crippen LogP contribution in [0.3, 0.4) is 0 Å². The highest BCUT2D eigenvalue weighted by Crippen LogP contribution is 2.20. The van der Waals surface area contributed by atoms with Crippen molar-refractivity contribution in [3.8, 4) is 0 Å². The van der Waals surface area contributed by atoms with Gasteiger partial charge in [-0.15, -0.1) is 0 Å². The van der Waals surface area contributed by atoms with E-state index in [1.807, 2.05) is 12.1 Å². The SMILES string of the molecule is CCCNCC(Cc1ccc(F)cc1)C(C)CC. The Bertz CT molecular complexity index is 320. The second-order valence-corrected chi connectivity index (χ2v) is 5.18. The van der Waals surface area contributed by atoms with E-state index >= 15 is 0 Å². The summed E-state index contributed by atoms with van der Waals surface area (Å²) < 4.78 is 12.9. The summed E-state index contributed by atoms with van der Waals surface area (Å²) in [7, 11) is 0. The molecule has 1 aromatic rings. The molecule has 0 fully saturated rings. The third-order valence-electron chi connectivity index (χ3n) is 3.69. The Kier molecular flexibility index (Phi) is 6.96. The minimum absolute atomic E-state index is 0.150. The van der Waals surface area contributed by atoms with E-state index in [1.54, 1.807) is 12.1 Å². The molecule has 1 nitrogen and oxygen atoms in total. The Morgan fingerprint density at radius 2 is 1.83 bits per heavy atom. The third kappa shape index (κ3) is 5.18. The molecular weight excluding hydrogens is 225 g/mol. The molecule has 102 valence electrons. The number of hydrogen-bond donors (Lipinski definition) is 1. The van der Waals surface area contributed by atoms with Crippen molar-refractivity contribution in [1.29, 1.82) is 0 Å². The van der Waals surface area contributed by atoms with Crippen molar-refractivity contribution in [3.63, 3.8) is 0 Å². The molecule has 1 rings (SSSR count). The molecule has 0 saturated heterocycles. The Morgan fingerprint density at radius 3 is 2.39 bits per heavy atom. The fraction of sp³-hybridized carbons (Fsp3) is 0.625. The third-order valence-corrected chi connectivity index (χ3v) is 3.69. The minimum Gasteiger partial charge on any atom is -0.316 e. The summed E-state index contributed by atoms with van der Waals surface area (Å²) in [6, 6.07) is 6.93.